The van der Waals surface area contributed by atoms with Crippen molar-refractivity contribution in [2.75, 3.05) is 39.9 Å². The predicted molar refractivity (Wildman–Crippen MR) is 242 cm³/mol. The lowest BCUT2D eigenvalue weighted by Gasteiger charge is -2.32. The topological polar surface area (TPSA) is 277 Å². The molecule has 18 heteroatoms. The Hall–Kier alpha value is -7.10. The molecular formula is C47H58N10O8. The van der Waals surface area contributed by atoms with E-state index in [1.54, 1.807) is 44.2 Å². The molecule has 65 heavy (non-hydrogen) atoms. The number of nitrogens with two attached hydrogens (primary N) is 2. The first-order valence-electron chi connectivity index (χ1n) is 21.6. The van der Waals surface area contributed by atoms with Crippen LogP contribution in [-0.2, 0) is 25.6 Å². The molecule has 0 unspecified atom stereocenters. The standard InChI is InChI=1S/C47H58N10O8/c1-6-7-8-22-64-33-13-10-31(11-14-33)42-52-27(2)40(28(3)53-42)45(61)55-36(17-18-48)47(63)57(5)41-32-12-16-39(65-23-20-50)35(26-32)34-24-30(9-15-38(34)58)25-37(44(60)51-21-19-49)56-43(59)29(4)54-46(41)62/h9-16,24,26,29,36-37,41,58H,6-8,17-18,20-23,25,48,50H2,1-5H3,(H,51,60)(H,54,62)(H,55,61)(H,56,59)/t29-,36-,37-,41-/m0/s1. The normalized spacial score (nSPS) is 16.4. The Balaban J connectivity index is 1.49. The van der Waals surface area contributed by atoms with E-state index in [-0.39, 0.29) is 61.5 Å². The van der Waals surface area contributed by atoms with Gasteiger partial charge in [-0.05, 0) is 99.8 Å². The number of likely N-dealkylation sites (N-methyl/N-ethyl adjacent to an activating group) is 1. The summed E-state index contributed by atoms with van der Waals surface area (Å²) in [6.07, 6.45) is 3.09. The van der Waals surface area contributed by atoms with Crippen molar-refractivity contribution in [2.24, 2.45) is 11.5 Å². The van der Waals surface area contributed by atoms with Crippen molar-refractivity contribution < 1.29 is 38.6 Å². The minimum absolute atomic E-state index is 0.0135. The van der Waals surface area contributed by atoms with Gasteiger partial charge in [-0.15, -0.1) is 0 Å². The summed E-state index contributed by atoms with van der Waals surface area (Å²) in [6, 6.07) is 13.5. The van der Waals surface area contributed by atoms with Crippen LogP contribution < -0.4 is 42.2 Å². The summed E-state index contributed by atoms with van der Waals surface area (Å²) >= 11 is 0. The number of fused-ring (bicyclic) bond motifs is 5. The van der Waals surface area contributed by atoms with Gasteiger partial charge >= 0.3 is 0 Å². The van der Waals surface area contributed by atoms with Crippen LogP contribution in [0.5, 0.6) is 17.2 Å². The summed E-state index contributed by atoms with van der Waals surface area (Å²) in [4.78, 5) is 80.4. The van der Waals surface area contributed by atoms with E-state index in [9.17, 15) is 29.1 Å². The van der Waals surface area contributed by atoms with Crippen molar-refractivity contribution in [2.45, 2.75) is 84.0 Å². The molecule has 3 aromatic carbocycles. The van der Waals surface area contributed by atoms with Gasteiger partial charge in [0.25, 0.3) is 5.91 Å². The molecule has 1 aromatic heterocycles. The minimum Gasteiger partial charge on any atom is -0.507 e. The van der Waals surface area contributed by atoms with Gasteiger partial charge in [0.1, 0.15) is 54.6 Å². The van der Waals surface area contributed by atoms with Gasteiger partial charge in [0.05, 0.1) is 29.6 Å². The number of rotatable bonds is 17. The van der Waals surface area contributed by atoms with Crippen LogP contribution >= 0.6 is 0 Å². The lowest BCUT2D eigenvalue weighted by atomic mass is 9.93. The second kappa shape index (κ2) is 23.0. The van der Waals surface area contributed by atoms with Crippen LogP contribution in [0.25, 0.3) is 22.5 Å². The van der Waals surface area contributed by atoms with E-state index in [2.05, 4.69) is 38.2 Å². The van der Waals surface area contributed by atoms with Gasteiger partial charge in [0.15, 0.2) is 5.82 Å². The Morgan fingerprint density at radius 1 is 0.938 bits per heavy atom. The molecular weight excluding hydrogens is 833 g/mol. The Bertz CT molecular complexity index is 2380. The number of phenolic OH excluding ortho intramolecular Hbond substituents is 1. The zero-order valence-corrected chi connectivity index (χ0v) is 37.4. The maximum Gasteiger partial charge on any atom is 0.255 e. The predicted octanol–water partition coefficient (Wildman–Crippen LogP) is 2.87. The number of nitriles is 1. The van der Waals surface area contributed by atoms with E-state index in [1.807, 2.05) is 30.3 Å². The number of aromatic hydroxyl groups is 1. The van der Waals surface area contributed by atoms with Gasteiger partial charge in [0.2, 0.25) is 23.6 Å². The smallest absolute Gasteiger partial charge is 0.255 e. The Labute approximate surface area is 378 Å². The van der Waals surface area contributed by atoms with Crippen LogP contribution in [0.4, 0.5) is 0 Å². The molecule has 5 amide bonds. The number of hydrogen-bond donors (Lipinski definition) is 7. The summed E-state index contributed by atoms with van der Waals surface area (Å²) in [7, 11) is 1.39. The van der Waals surface area contributed by atoms with Gasteiger partial charge in [-0.25, -0.2) is 9.97 Å². The molecule has 9 N–H and O–H groups in total. The van der Waals surface area contributed by atoms with Crippen LogP contribution in [0.1, 0.15) is 78.4 Å². The number of unbranched alkanes of at least 4 members (excludes halogenated alkanes) is 2. The number of aromatic nitrogens is 2. The molecule has 4 bridgehead atoms. The molecule has 5 rings (SSSR count). The van der Waals surface area contributed by atoms with E-state index in [1.165, 1.54) is 20.0 Å². The van der Waals surface area contributed by atoms with Crippen molar-refractivity contribution in [3.63, 3.8) is 0 Å². The molecule has 1 aliphatic heterocycles. The molecule has 18 nitrogen and oxygen atoms in total. The average molecular weight is 891 g/mol. The third kappa shape index (κ3) is 12.3. The van der Waals surface area contributed by atoms with E-state index >= 15 is 0 Å². The van der Waals surface area contributed by atoms with Crippen molar-refractivity contribution in [3.05, 3.63) is 88.7 Å². The fourth-order valence-corrected chi connectivity index (χ4v) is 7.49. The second-order valence-corrected chi connectivity index (χ2v) is 15.7. The largest absolute Gasteiger partial charge is 0.507 e. The van der Waals surface area contributed by atoms with Crippen LogP contribution in [0.2, 0.25) is 0 Å². The SMILES string of the molecule is CCCCCOc1ccc(-c2nc(C)c(C(=O)N[C@@H](CCN)C(=O)N(C)[C@@H]3C(=O)N[C@@H](C)C(=O)N[C@H](C(=O)NCC#N)Cc4ccc(O)c(c4)-c4cc3ccc4OCCN)c(C)n2)cc1. The zero-order chi connectivity index (χ0) is 47.2. The van der Waals surface area contributed by atoms with Crippen LogP contribution in [-0.4, -0.2) is 108 Å². The maximum atomic E-state index is 14.6. The van der Waals surface area contributed by atoms with E-state index < -0.39 is 53.7 Å². The van der Waals surface area contributed by atoms with Crippen molar-refractivity contribution >= 4 is 29.5 Å². The van der Waals surface area contributed by atoms with Crippen LogP contribution in [0, 0.1) is 25.2 Å². The van der Waals surface area contributed by atoms with Crippen molar-refractivity contribution in [3.8, 4) is 45.8 Å². The summed E-state index contributed by atoms with van der Waals surface area (Å²) in [5.74, 6) is -2.20. The maximum absolute atomic E-state index is 14.6. The first-order valence-corrected chi connectivity index (χ1v) is 21.6. The van der Waals surface area contributed by atoms with Crippen LogP contribution in [0.15, 0.2) is 60.7 Å². The van der Waals surface area contributed by atoms with Gasteiger partial charge in [0, 0.05) is 36.7 Å². The molecule has 1 aliphatic rings. The fraction of sp³-hybridized carbons (Fsp3) is 0.404. The third-order valence-electron chi connectivity index (χ3n) is 10.9. The van der Waals surface area contributed by atoms with Gasteiger partial charge in [-0.2, -0.15) is 5.26 Å². The molecule has 0 saturated carbocycles. The van der Waals surface area contributed by atoms with Gasteiger partial charge in [-0.3, -0.25) is 24.0 Å². The summed E-state index contributed by atoms with van der Waals surface area (Å²) < 4.78 is 11.8. The zero-order valence-electron chi connectivity index (χ0n) is 37.4. The highest BCUT2D eigenvalue weighted by Gasteiger charge is 2.36. The Morgan fingerprint density at radius 2 is 1.66 bits per heavy atom. The molecule has 4 atom stereocenters. The highest BCUT2D eigenvalue weighted by Crippen LogP contribution is 2.39. The fourth-order valence-electron chi connectivity index (χ4n) is 7.49. The minimum atomic E-state index is -1.43. The summed E-state index contributed by atoms with van der Waals surface area (Å²) in [5, 5.41) is 30.9. The molecule has 4 aromatic rings. The number of nitrogens with one attached hydrogen (secondary N) is 4. The monoisotopic (exact) mass is 890 g/mol. The first kappa shape index (κ1) is 48.9. The van der Waals surface area contributed by atoms with Crippen molar-refractivity contribution in [1.82, 2.24) is 36.1 Å². The average Bonchev–Trinajstić information content (AvgIpc) is 3.28. The Kier molecular flexibility index (Phi) is 17.3. The number of hydrogen-bond acceptors (Lipinski definition) is 13. The molecule has 344 valence electrons. The highest BCUT2D eigenvalue weighted by atomic mass is 16.5. The number of nitrogens with zero attached hydrogens (tertiary/aromatic N) is 4. The van der Waals surface area contributed by atoms with Crippen molar-refractivity contribution in [1.29, 1.82) is 5.26 Å². The number of carbonyl (C=O) groups is 5. The number of amides is 5. The van der Waals surface area contributed by atoms with Gasteiger partial charge in [-0.1, -0.05) is 31.9 Å². The number of aryl methyl sites for hydroxylation is 2. The molecule has 0 fully saturated rings. The van der Waals surface area contributed by atoms with Crippen LogP contribution in [0.3, 0.4) is 0 Å². The number of carbonyl (C=O) groups excluding carboxylic acids is 5. The van der Waals surface area contributed by atoms with E-state index in [0.29, 0.717) is 40.7 Å². The first-order chi connectivity index (χ1) is 31.2. The van der Waals surface area contributed by atoms with Gasteiger partial charge < -0.3 is 52.2 Å². The van der Waals surface area contributed by atoms with E-state index in [4.69, 9.17) is 26.2 Å². The molecule has 0 spiro atoms. The molecule has 0 aliphatic carbocycles. The van der Waals surface area contributed by atoms with E-state index in [0.717, 1.165) is 35.5 Å². The number of benzene rings is 3. The Morgan fingerprint density at radius 3 is 2.32 bits per heavy atom. The quantitative estimate of drug-likeness (QED) is 0.0594. The summed E-state index contributed by atoms with van der Waals surface area (Å²) in [6.45, 7) is 7.47. The lowest BCUT2D eigenvalue weighted by Crippen LogP contribution is -2.56. The second-order valence-electron chi connectivity index (χ2n) is 15.7. The third-order valence-corrected chi connectivity index (χ3v) is 10.9. The highest BCUT2D eigenvalue weighted by molar-refractivity contribution is 6.00. The lowest BCUT2D eigenvalue weighted by molar-refractivity contribution is -0.141. The summed E-state index contributed by atoms with van der Waals surface area (Å²) in [5.41, 5.74) is 14.8. The number of phenols is 1. The molecule has 0 radical (unpaired) electrons. The number of ether oxygens (including phenoxy) is 2. The molecule has 2 heterocycles. The molecule has 0 saturated heterocycles.